The van der Waals surface area contributed by atoms with Crippen LogP contribution in [-0.2, 0) is 9.47 Å². The van der Waals surface area contributed by atoms with Crippen LogP contribution in [-0.4, -0.2) is 76.6 Å². The molecule has 150 valence electrons. The predicted molar refractivity (Wildman–Crippen MR) is 106 cm³/mol. The molecule has 0 spiro atoms. The van der Waals surface area contributed by atoms with Crippen molar-refractivity contribution in [3.8, 4) is 0 Å². The summed E-state index contributed by atoms with van der Waals surface area (Å²) >= 11 is 0. The first kappa shape index (κ1) is 19.9. The number of ether oxygens (including phenoxy) is 2. The monoisotopic (exact) mass is 378 g/mol. The Kier molecular flexibility index (Phi) is 7.71. The fraction of sp³-hybridized carbons (Fsp3) is 0.650. The van der Waals surface area contributed by atoms with Gasteiger partial charge in [0.05, 0.1) is 11.8 Å². The molecule has 2 aliphatic rings. The van der Waals surface area contributed by atoms with Crippen molar-refractivity contribution in [2.24, 2.45) is 4.99 Å². The second-order valence-corrected chi connectivity index (χ2v) is 6.94. The second-order valence-electron chi connectivity index (χ2n) is 6.94. The van der Waals surface area contributed by atoms with Gasteiger partial charge in [-0.1, -0.05) is 12.1 Å². The number of benzene rings is 1. The molecule has 27 heavy (non-hydrogen) atoms. The molecule has 2 saturated heterocycles. The van der Waals surface area contributed by atoms with E-state index in [1.165, 1.54) is 6.07 Å². The molecule has 7 heteroatoms. The van der Waals surface area contributed by atoms with E-state index in [1.807, 2.05) is 19.2 Å². The van der Waals surface area contributed by atoms with E-state index in [4.69, 9.17) is 9.47 Å². The van der Waals surface area contributed by atoms with Gasteiger partial charge in [0.1, 0.15) is 5.82 Å². The Bertz CT molecular complexity index is 599. The van der Waals surface area contributed by atoms with Gasteiger partial charge in [-0.25, -0.2) is 4.39 Å². The maximum absolute atomic E-state index is 14.0. The van der Waals surface area contributed by atoms with Crippen molar-refractivity contribution < 1.29 is 13.9 Å². The third-order valence-corrected chi connectivity index (χ3v) is 5.11. The maximum atomic E-state index is 14.0. The fourth-order valence-corrected chi connectivity index (χ4v) is 3.56. The van der Waals surface area contributed by atoms with E-state index in [0.717, 1.165) is 77.8 Å². The van der Waals surface area contributed by atoms with Crippen LogP contribution in [0.4, 0.5) is 10.1 Å². The molecule has 0 bridgehead atoms. The molecule has 6 nitrogen and oxygen atoms in total. The largest absolute Gasteiger partial charge is 0.381 e. The number of guanidine groups is 1. The lowest BCUT2D eigenvalue weighted by atomic mass is 10.1. The Morgan fingerprint density at radius 2 is 1.96 bits per heavy atom. The van der Waals surface area contributed by atoms with Gasteiger partial charge in [-0.3, -0.25) is 4.99 Å². The van der Waals surface area contributed by atoms with Crippen molar-refractivity contribution in [3.05, 3.63) is 30.1 Å². The first-order chi connectivity index (χ1) is 13.3. The van der Waals surface area contributed by atoms with Crippen LogP contribution in [0.5, 0.6) is 0 Å². The van der Waals surface area contributed by atoms with Crippen LogP contribution >= 0.6 is 0 Å². The predicted octanol–water partition coefficient (Wildman–Crippen LogP) is 2.11. The minimum absolute atomic E-state index is 0.155. The van der Waals surface area contributed by atoms with E-state index < -0.39 is 0 Å². The van der Waals surface area contributed by atoms with Crippen molar-refractivity contribution in [2.75, 3.05) is 64.5 Å². The summed E-state index contributed by atoms with van der Waals surface area (Å²) in [6.45, 7) is 6.45. The Balaban J connectivity index is 1.35. The van der Waals surface area contributed by atoms with E-state index >= 15 is 0 Å². The van der Waals surface area contributed by atoms with Gasteiger partial charge in [0.25, 0.3) is 0 Å². The molecule has 1 aromatic carbocycles. The molecule has 3 rings (SSSR count). The number of hydrogen-bond donors (Lipinski definition) is 1. The zero-order chi connectivity index (χ0) is 18.9. The molecule has 1 aromatic rings. The van der Waals surface area contributed by atoms with Crippen LogP contribution in [0.2, 0.25) is 0 Å². The molecule has 2 fully saturated rings. The van der Waals surface area contributed by atoms with Crippen molar-refractivity contribution in [1.82, 2.24) is 10.2 Å². The van der Waals surface area contributed by atoms with E-state index in [1.54, 1.807) is 6.07 Å². The van der Waals surface area contributed by atoms with Gasteiger partial charge < -0.3 is 24.6 Å². The summed E-state index contributed by atoms with van der Waals surface area (Å²) in [4.78, 5) is 8.73. The van der Waals surface area contributed by atoms with E-state index in [-0.39, 0.29) is 5.82 Å². The number of nitrogens with zero attached hydrogens (tertiary/aromatic N) is 3. The standard InChI is InChI=1S/C20H31FN4O2/c1-22-20(23-9-4-14-27-17-7-15-26-16-8-17)25-12-10-24(11-13-25)19-6-3-2-5-18(19)21/h2-3,5-6,17H,4,7-16H2,1H3,(H,22,23). The molecule has 0 amide bonds. The molecule has 0 aliphatic carbocycles. The first-order valence-electron chi connectivity index (χ1n) is 9.92. The lowest BCUT2D eigenvalue weighted by Gasteiger charge is -2.37. The highest BCUT2D eigenvalue weighted by Gasteiger charge is 2.21. The van der Waals surface area contributed by atoms with Crippen LogP contribution in [0.15, 0.2) is 29.3 Å². The molecule has 0 aromatic heterocycles. The van der Waals surface area contributed by atoms with Crippen LogP contribution < -0.4 is 10.2 Å². The highest BCUT2D eigenvalue weighted by molar-refractivity contribution is 5.80. The van der Waals surface area contributed by atoms with E-state index in [2.05, 4.69) is 20.1 Å². The van der Waals surface area contributed by atoms with Crippen molar-refractivity contribution >= 4 is 11.6 Å². The highest BCUT2D eigenvalue weighted by Crippen LogP contribution is 2.20. The lowest BCUT2D eigenvalue weighted by molar-refractivity contribution is -0.0320. The molecular weight excluding hydrogens is 347 g/mol. The summed E-state index contributed by atoms with van der Waals surface area (Å²) in [7, 11) is 1.81. The molecule has 1 N–H and O–H groups in total. The quantitative estimate of drug-likeness (QED) is 0.467. The zero-order valence-electron chi connectivity index (χ0n) is 16.2. The highest BCUT2D eigenvalue weighted by atomic mass is 19.1. The van der Waals surface area contributed by atoms with E-state index in [0.29, 0.717) is 11.8 Å². The lowest BCUT2D eigenvalue weighted by Crippen LogP contribution is -2.52. The number of piperazine rings is 1. The van der Waals surface area contributed by atoms with Gasteiger partial charge in [-0.2, -0.15) is 0 Å². The Morgan fingerprint density at radius 3 is 2.67 bits per heavy atom. The van der Waals surface area contributed by atoms with E-state index in [9.17, 15) is 4.39 Å². The SMILES string of the molecule is CN=C(NCCCOC1CCOCC1)N1CCN(c2ccccc2F)CC1. The zero-order valence-corrected chi connectivity index (χ0v) is 16.2. The number of para-hydroxylation sites is 1. The number of hydrogen-bond acceptors (Lipinski definition) is 4. The van der Waals surface area contributed by atoms with Gasteiger partial charge in [0.2, 0.25) is 0 Å². The first-order valence-corrected chi connectivity index (χ1v) is 9.92. The molecule has 0 atom stereocenters. The van der Waals surface area contributed by atoms with Gasteiger partial charge in [0.15, 0.2) is 5.96 Å². The molecule has 0 unspecified atom stereocenters. The van der Waals surface area contributed by atoms with Crippen molar-refractivity contribution in [1.29, 1.82) is 0 Å². The maximum Gasteiger partial charge on any atom is 0.193 e. The average Bonchev–Trinajstić information content (AvgIpc) is 2.72. The Hall–Kier alpha value is -1.86. The molecule has 0 radical (unpaired) electrons. The number of halogens is 1. The topological polar surface area (TPSA) is 49.3 Å². The summed E-state index contributed by atoms with van der Waals surface area (Å²) in [5, 5.41) is 3.42. The van der Waals surface area contributed by atoms with Crippen molar-refractivity contribution in [3.63, 3.8) is 0 Å². The summed E-state index contributed by atoms with van der Waals surface area (Å²) in [5.74, 6) is 0.757. The summed E-state index contributed by atoms with van der Waals surface area (Å²) < 4.78 is 25.2. The summed E-state index contributed by atoms with van der Waals surface area (Å²) in [5.41, 5.74) is 0.686. The smallest absolute Gasteiger partial charge is 0.193 e. The second kappa shape index (κ2) is 10.5. The number of aliphatic imine (C=N–C) groups is 1. The average molecular weight is 378 g/mol. The van der Waals surface area contributed by atoms with Crippen LogP contribution in [0.25, 0.3) is 0 Å². The molecule has 2 heterocycles. The van der Waals surface area contributed by atoms with Crippen LogP contribution in [0, 0.1) is 5.82 Å². The minimum atomic E-state index is -0.155. The van der Waals surface area contributed by atoms with Gasteiger partial charge in [-0.05, 0) is 31.4 Å². The molecule has 0 saturated carbocycles. The molecule has 2 aliphatic heterocycles. The minimum Gasteiger partial charge on any atom is -0.381 e. The molecular formula is C20H31FN4O2. The fourth-order valence-electron chi connectivity index (χ4n) is 3.56. The Labute approximate surface area is 161 Å². The van der Waals surface area contributed by atoms with Crippen molar-refractivity contribution in [2.45, 2.75) is 25.4 Å². The number of nitrogens with one attached hydrogen (secondary N) is 1. The summed E-state index contributed by atoms with van der Waals surface area (Å²) in [6.07, 6.45) is 3.30. The normalized spacial score (nSPS) is 19.4. The number of rotatable bonds is 6. The third kappa shape index (κ3) is 5.81. The third-order valence-electron chi connectivity index (χ3n) is 5.11. The van der Waals surface area contributed by atoms with Gasteiger partial charge >= 0.3 is 0 Å². The number of anilines is 1. The Morgan fingerprint density at radius 1 is 1.22 bits per heavy atom. The van der Waals surface area contributed by atoms with Crippen LogP contribution in [0.3, 0.4) is 0 Å². The van der Waals surface area contributed by atoms with Gasteiger partial charge in [0, 0.05) is 59.6 Å². The van der Waals surface area contributed by atoms with Crippen LogP contribution in [0.1, 0.15) is 19.3 Å². The van der Waals surface area contributed by atoms with Gasteiger partial charge in [-0.15, -0.1) is 0 Å². The summed E-state index contributed by atoms with van der Waals surface area (Å²) in [6, 6.07) is 6.97.